The molecule has 0 aliphatic rings. The first-order valence-corrected chi connectivity index (χ1v) is 4.42. The maximum Gasteiger partial charge on any atom is 0.389 e. The maximum absolute atomic E-state index is 11.7. The molecule has 1 N–H and O–H groups in total. The molecule has 0 aliphatic carbocycles. The van der Waals surface area contributed by atoms with Crippen LogP contribution in [0.25, 0.3) is 0 Å². The van der Waals surface area contributed by atoms with Crippen LogP contribution in [0.5, 0.6) is 0 Å². The fourth-order valence-electron chi connectivity index (χ4n) is 0.866. The van der Waals surface area contributed by atoms with Crippen LogP contribution in [0.15, 0.2) is 0 Å². The molecule has 0 aliphatic heterocycles. The van der Waals surface area contributed by atoms with Crippen molar-refractivity contribution in [2.75, 3.05) is 13.2 Å². The SMILES string of the molecule is OC(CCOCC(F)F)CCC(F)(F)F. The van der Waals surface area contributed by atoms with Crippen molar-refractivity contribution in [3.63, 3.8) is 0 Å². The van der Waals surface area contributed by atoms with E-state index in [4.69, 9.17) is 5.11 Å². The van der Waals surface area contributed by atoms with Crippen molar-refractivity contribution in [2.24, 2.45) is 0 Å². The normalized spacial score (nSPS) is 14.6. The fourth-order valence-corrected chi connectivity index (χ4v) is 0.866. The van der Waals surface area contributed by atoms with Gasteiger partial charge < -0.3 is 9.84 Å². The van der Waals surface area contributed by atoms with Gasteiger partial charge in [0.05, 0.1) is 6.10 Å². The average Bonchev–Trinajstić information content (AvgIpc) is 2.07. The lowest BCUT2D eigenvalue weighted by Crippen LogP contribution is -2.17. The summed E-state index contributed by atoms with van der Waals surface area (Å²) in [7, 11) is 0. The molecule has 0 aromatic rings. The summed E-state index contributed by atoms with van der Waals surface area (Å²) in [6, 6.07) is 0. The third kappa shape index (κ3) is 11.5. The van der Waals surface area contributed by atoms with Gasteiger partial charge in [-0.1, -0.05) is 0 Å². The topological polar surface area (TPSA) is 29.5 Å². The van der Waals surface area contributed by atoms with E-state index >= 15 is 0 Å². The summed E-state index contributed by atoms with van der Waals surface area (Å²) in [6.07, 6.45) is -9.64. The molecule has 15 heavy (non-hydrogen) atoms. The van der Waals surface area contributed by atoms with Gasteiger partial charge in [0, 0.05) is 13.0 Å². The number of hydrogen-bond acceptors (Lipinski definition) is 2. The Labute approximate surface area is 84.0 Å². The number of aliphatic hydroxyl groups is 1. The van der Waals surface area contributed by atoms with Crippen molar-refractivity contribution in [1.29, 1.82) is 0 Å². The number of hydrogen-bond donors (Lipinski definition) is 1. The third-order valence-corrected chi connectivity index (χ3v) is 1.60. The van der Waals surface area contributed by atoms with Crippen LogP contribution in [0.1, 0.15) is 19.3 Å². The van der Waals surface area contributed by atoms with E-state index in [0.29, 0.717) is 0 Å². The largest absolute Gasteiger partial charge is 0.393 e. The molecule has 0 saturated heterocycles. The second-order valence-electron chi connectivity index (χ2n) is 3.06. The van der Waals surface area contributed by atoms with Crippen LogP contribution in [0, 0.1) is 0 Å². The number of alkyl halides is 5. The monoisotopic (exact) mass is 236 g/mol. The van der Waals surface area contributed by atoms with E-state index in [0.717, 1.165) is 0 Å². The minimum Gasteiger partial charge on any atom is -0.393 e. The minimum absolute atomic E-state index is 0.0667. The molecule has 0 rings (SSSR count). The lowest BCUT2D eigenvalue weighted by molar-refractivity contribution is -0.140. The second-order valence-corrected chi connectivity index (χ2v) is 3.06. The Bertz CT molecular complexity index is 160. The van der Waals surface area contributed by atoms with E-state index in [9.17, 15) is 22.0 Å². The highest BCUT2D eigenvalue weighted by Crippen LogP contribution is 2.22. The first kappa shape index (κ1) is 14.6. The van der Waals surface area contributed by atoms with Crippen LogP contribution in [0.4, 0.5) is 22.0 Å². The predicted molar refractivity (Wildman–Crippen MR) is 42.7 cm³/mol. The third-order valence-electron chi connectivity index (χ3n) is 1.60. The van der Waals surface area contributed by atoms with Crippen molar-refractivity contribution < 1.29 is 31.8 Å². The van der Waals surface area contributed by atoms with Crippen molar-refractivity contribution in [3.05, 3.63) is 0 Å². The molecule has 0 aromatic carbocycles. The molecule has 0 aromatic heterocycles. The first-order chi connectivity index (χ1) is 6.81. The number of halogens is 5. The quantitative estimate of drug-likeness (QED) is 0.543. The Balaban J connectivity index is 3.38. The Morgan fingerprint density at radius 2 is 1.73 bits per heavy atom. The summed E-state index contributed by atoms with van der Waals surface area (Å²) in [6.45, 7) is -0.921. The minimum atomic E-state index is -4.30. The molecule has 1 atom stereocenters. The maximum atomic E-state index is 11.7. The summed E-state index contributed by atoms with van der Waals surface area (Å²) in [5.41, 5.74) is 0. The highest BCUT2D eigenvalue weighted by Gasteiger charge is 2.27. The zero-order valence-electron chi connectivity index (χ0n) is 7.94. The molecule has 0 fully saturated rings. The molecular weight excluding hydrogens is 223 g/mol. The van der Waals surface area contributed by atoms with Crippen LogP contribution in [0.2, 0.25) is 0 Å². The van der Waals surface area contributed by atoms with Crippen LogP contribution in [0.3, 0.4) is 0 Å². The second kappa shape index (κ2) is 6.95. The van der Waals surface area contributed by atoms with Gasteiger partial charge >= 0.3 is 6.18 Å². The van der Waals surface area contributed by atoms with Crippen molar-refractivity contribution in [2.45, 2.75) is 38.0 Å². The van der Waals surface area contributed by atoms with E-state index in [1.807, 2.05) is 0 Å². The summed E-state index contributed by atoms with van der Waals surface area (Å²) in [5, 5.41) is 9.01. The Morgan fingerprint density at radius 1 is 1.13 bits per heavy atom. The molecule has 0 spiro atoms. The van der Waals surface area contributed by atoms with Crippen LogP contribution in [-0.2, 0) is 4.74 Å². The van der Waals surface area contributed by atoms with Crippen LogP contribution >= 0.6 is 0 Å². The molecule has 1 unspecified atom stereocenters. The zero-order chi connectivity index (χ0) is 11.9. The van der Waals surface area contributed by atoms with Gasteiger partial charge in [0.1, 0.15) is 6.61 Å². The van der Waals surface area contributed by atoms with Crippen molar-refractivity contribution in [3.8, 4) is 0 Å². The number of aliphatic hydroxyl groups excluding tert-OH is 1. The standard InChI is InChI=1S/C8H13F5O2/c9-7(10)5-15-4-2-6(14)1-3-8(11,12)13/h6-7,14H,1-5H2. The summed E-state index contributed by atoms with van der Waals surface area (Å²) < 4.78 is 62.5. The Kier molecular flexibility index (Phi) is 6.75. The molecule has 0 bridgehead atoms. The Hall–Kier alpha value is -0.430. The van der Waals surface area contributed by atoms with Gasteiger partial charge in [-0.2, -0.15) is 13.2 Å². The van der Waals surface area contributed by atoms with E-state index < -0.39 is 38.2 Å². The van der Waals surface area contributed by atoms with Gasteiger partial charge in [-0.05, 0) is 12.8 Å². The molecular formula is C8H13F5O2. The lowest BCUT2D eigenvalue weighted by Gasteiger charge is -2.12. The van der Waals surface area contributed by atoms with Gasteiger partial charge in [0.2, 0.25) is 0 Å². The first-order valence-electron chi connectivity index (χ1n) is 4.42. The van der Waals surface area contributed by atoms with E-state index in [2.05, 4.69) is 4.74 Å². The fraction of sp³-hybridized carbons (Fsp3) is 1.00. The van der Waals surface area contributed by atoms with Crippen molar-refractivity contribution in [1.82, 2.24) is 0 Å². The summed E-state index contributed by atoms with van der Waals surface area (Å²) >= 11 is 0. The Morgan fingerprint density at radius 3 is 2.20 bits per heavy atom. The molecule has 2 nitrogen and oxygen atoms in total. The van der Waals surface area contributed by atoms with Gasteiger partial charge in [-0.15, -0.1) is 0 Å². The average molecular weight is 236 g/mol. The van der Waals surface area contributed by atoms with Crippen molar-refractivity contribution >= 4 is 0 Å². The molecule has 0 amide bonds. The molecule has 0 radical (unpaired) electrons. The zero-order valence-corrected chi connectivity index (χ0v) is 7.94. The van der Waals surface area contributed by atoms with E-state index in [-0.39, 0.29) is 13.0 Å². The lowest BCUT2D eigenvalue weighted by atomic mass is 10.1. The number of ether oxygens (including phenoxy) is 1. The smallest absolute Gasteiger partial charge is 0.389 e. The molecule has 92 valence electrons. The number of rotatable bonds is 7. The van der Waals surface area contributed by atoms with E-state index in [1.54, 1.807) is 0 Å². The molecule has 7 heteroatoms. The molecule has 0 saturated carbocycles. The highest BCUT2D eigenvalue weighted by atomic mass is 19.4. The van der Waals surface area contributed by atoms with Crippen LogP contribution in [-0.4, -0.2) is 37.0 Å². The highest BCUT2D eigenvalue weighted by molar-refractivity contribution is 4.59. The van der Waals surface area contributed by atoms with E-state index in [1.165, 1.54) is 0 Å². The summed E-state index contributed by atoms with van der Waals surface area (Å²) in [5.74, 6) is 0. The summed E-state index contributed by atoms with van der Waals surface area (Å²) in [4.78, 5) is 0. The van der Waals surface area contributed by atoms with Gasteiger partial charge in [0.25, 0.3) is 6.43 Å². The predicted octanol–water partition coefficient (Wildman–Crippen LogP) is 2.36. The van der Waals surface area contributed by atoms with Gasteiger partial charge in [-0.25, -0.2) is 8.78 Å². The van der Waals surface area contributed by atoms with Crippen LogP contribution < -0.4 is 0 Å². The van der Waals surface area contributed by atoms with Gasteiger partial charge in [0.15, 0.2) is 0 Å². The molecule has 0 heterocycles. The van der Waals surface area contributed by atoms with Gasteiger partial charge in [-0.3, -0.25) is 0 Å².